The minimum Gasteiger partial charge on any atom is -0.490 e. The summed E-state index contributed by atoms with van der Waals surface area (Å²) in [5.41, 5.74) is -2.48. The molecular formula is C26H27F6N3O5. The second kappa shape index (κ2) is 11.9. The third-order valence-corrected chi connectivity index (χ3v) is 7.03. The van der Waals surface area contributed by atoms with E-state index in [1.54, 1.807) is 4.90 Å². The predicted molar refractivity (Wildman–Crippen MR) is 131 cm³/mol. The molecule has 218 valence electrons. The number of ether oxygens (including phenoxy) is 2. The molecule has 8 nitrogen and oxygen atoms in total. The maximum atomic E-state index is 13.2. The minimum atomic E-state index is -4.89. The standard InChI is InChI=1S/C26H27F6N3O5/c27-25(28,29)17-1-3-18(4-2-17)33-11-13-34(14-12-33)24(36)16-39-19-5-7-20(8-6-19)40-21-9-10-23(35(37)38)22(15-21)26(30,31)32/h1-4,9-10,15,19-20H,5-8,11-14,16H2. The van der Waals surface area contributed by atoms with Gasteiger partial charge in [0, 0.05) is 37.9 Å². The van der Waals surface area contributed by atoms with Crippen molar-refractivity contribution in [3.8, 4) is 5.75 Å². The van der Waals surface area contributed by atoms with Gasteiger partial charge in [0.2, 0.25) is 5.91 Å². The molecule has 0 N–H and O–H groups in total. The van der Waals surface area contributed by atoms with Gasteiger partial charge in [-0.2, -0.15) is 26.3 Å². The van der Waals surface area contributed by atoms with Crippen LogP contribution in [0.25, 0.3) is 0 Å². The molecule has 0 atom stereocenters. The van der Waals surface area contributed by atoms with Crippen molar-refractivity contribution < 1.29 is 45.5 Å². The molecule has 0 unspecified atom stereocenters. The number of rotatable bonds is 7. The fraction of sp³-hybridized carbons (Fsp3) is 0.500. The van der Waals surface area contributed by atoms with Crippen LogP contribution in [0.5, 0.6) is 5.75 Å². The Morgan fingerprint density at radius 1 is 0.875 bits per heavy atom. The number of nitrogens with zero attached hydrogens (tertiary/aromatic N) is 3. The lowest BCUT2D eigenvalue weighted by Crippen LogP contribution is -2.50. The van der Waals surface area contributed by atoms with Crippen LogP contribution in [0.3, 0.4) is 0 Å². The summed E-state index contributed by atoms with van der Waals surface area (Å²) in [5.74, 6) is -0.302. The van der Waals surface area contributed by atoms with E-state index in [4.69, 9.17) is 9.47 Å². The maximum absolute atomic E-state index is 13.2. The molecule has 0 bridgehead atoms. The first-order chi connectivity index (χ1) is 18.8. The number of alkyl halides is 6. The molecule has 1 saturated carbocycles. The van der Waals surface area contributed by atoms with Gasteiger partial charge in [0.25, 0.3) is 5.69 Å². The van der Waals surface area contributed by atoms with E-state index in [1.807, 2.05) is 4.90 Å². The van der Waals surface area contributed by atoms with Crippen molar-refractivity contribution in [1.82, 2.24) is 4.90 Å². The van der Waals surface area contributed by atoms with Crippen LogP contribution in [-0.2, 0) is 21.9 Å². The first-order valence-corrected chi connectivity index (χ1v) is 12.6. The molecule has 2 aromatic carbocycles. The van der Waals surface area contributed by atoms with Crippen molar-refractivity contribution in [3.63, 3.8) is 0 Å². The zero-order valence-electron chi connectivity index (χ0n) is 21.2. The minimum absolute atomic E-state index is 0.104. The Morgan fingerprint density at radius 2 is 1.48 bits per heavy atom. The van der Waals surface area contributed by atoms with Gasteiger partial charge in [-0.3, -0.25) is 14.9 Å². The van der Waals surface area contributed by atoms with Crippen LogP contribution in [0.15, 0.2) is 42.5 Å². The predicted octanol–water partition coefficient (Wildman–Crippen LogP) is 5.69. The maximum Gasteiger partial charge on any atom is 0.423 e. The van der Waals surface area contributed by atoms with E-state index in [-0.39, 0.29) is 24.4 Å². The number of hydrogen-bond acceptors (Lipinski definition) is 6. The van der Waals surface area contributed by atoms with E-state index < -0.39 is 40.2 Å². The number of hydrogen-bond donors (Lipinski definition) is 0. The lowest BCUT2D eigenvalue weighted by Gasteiger charge is -2.36. The van der Waals surface area contributed by atoms with Crippen LogP contribution >= 0.6 is 0 Å². The van der Waals surface area contributed by atoms with Crippen LogP contribution in [0.4, 0.5) is 37.7 Å². The van der Waals surface area contributed by atoms with Gasteiger partial charge in [0.05, 0.1) is 22.7 Å². The first kappa shape index (κ1) is 29.4. The van der Waals surface area contributed by atoms with Gasteiger partial charge in [-0.15, -0.1) is 0 Å². The fourth-order valence-electron chi connectivity index (χ4n) is 4.84. The highest BCUT2D eigenvalue weighted by Gasteiger charge is 2.39. The highest BCUT2D eigenvalue weighted by atomic mass is 19.4. The van der Waals surface area contributed by atoms with Gasteiger partial charge in [-0.25, -0.2) is 0 Å². The number of amides is 1. The first-order valence-electron chi connectivity index (χ1n) is 12.6. The monoisotopic (exact) mass is 575 g/mol. The summed E-state index contributed by atoms with van der Waals surface area (Å²) in [4.78, 5) is 26.0. The molecule has 0 aromatic heterocycles. The summed E-state index contributed by atoms with van der Waals surface area (Å²) in [6.07, 6.45) is -7.90. The summed E-state index contributed by atoms with van der Waals surface area (Å²) < 4.78 is 89.3. The van der Waals surface area contributed by atoms with Gasteiger partial charge in [0.1, 0.15) is 17.9 Å². The van der Waals surface area contributed by atoms with Crippen molar-refractivity contribution in [1.29, 1.82) is 0 Å². The number of piperazine rings is 1. The Morgan fingerprint density at radius 3 is 2.02 bits per heavy atom. The third-order valence-electron chi connectivity index (χ3n) is 7.03. The van der Waals surface area contributed by atoms with Crippen LogP contribution in [0, 0.1) is 10.1 Å². The van der Waals surface area contributed by atoms with Crippen LogP contribution in [0.2, 0.25) is 0 Å². The second-order valence-electron chi connectivity index (χ2n) is 9.67. The highest BCUT2D eigenvalue weighted by Crippen LogP contribution is 2.39. The number of benzene rings is 2. The number of nitro groups is 1. The Balaban J connectivity index is 1.19. The SMILES string of the molecule is O=C(COC1CCC(Oc2ccc([N+](=O)[O-])c(C(F)(F)F)c2)CC1)N1CCN(c2ccc(C(F)(F)F)cc2)CC1. The average molecular weight is 576 g/mol. The molecule has 1 aliphatic carbocycles. The molecule has 14 heteroatoms. The Bertz CT molecular complexity index is 1190. The van der Waals surface area contributed by atoms with Gasteiger partial charge >= 0.3 is 12.4 Å². The number of halogens is 6. The summed E-state index contributed by atoms with van der Waals surface area (Å²) in [5, 5.41) is 10.9. The number of anilines is 1. The zero-order chi connectivity index (χ0) is 29.1. The molecule has 1 aliphatic heterocycles. The van der Waals surface area contributed by atoms with E-state index in [0.29, 0.717) is 63.6 Å². The molecule has 2 fully saturated rings. The highest BCUT2D eigenvalue weighted by molar-refractivity contribution is 5.77. The summed E-state index contributed by atoms with van der Waals surface area (Å²) in [6, 6.07) is 7.46. The van der Waals surface area contributed by atoms with Crippen molar-refractivity contribution in [2.75, 3.05) is 37.7 Å². The lowest BCUT2D eigenvalue weighted by molar-refractivity contribution is -0.388. The van der Waals surface area contributed by atoms with E-state index in [1.165, 1.54) is 12.1 Å². The van der Waals surface area contributed by atoms with E-state index in [9.17, 15) is 41.3 Å². The topological polar surface area (TPSA) is 85.1 Å². The van der Waals surface area contributed by atoms with E-state index in [0.717, 1.165) is 24.3 Å². The number of nitro benzene ring substituents is 1. The Labute approximate surface area is 225 Å². The quantitative estimate of drug-likeness (QED) is 0.240. The molecule has 4 rings (SSSR count). The molecule has 1 saturated heterocycles. The average Bonchev–Trinajstić information content (AvgIpc) is 2.91. The van der Waals surface area contributed by atoms with Crippen LogP contribution < -0.4 is 9.64 Å². The molecule has 0 spiro atoms. The second-order valence-corrected chi connectivity index (χ2v) is 9.67. The van der Waals surface area contributed by atoms with E-state index in [2.05, 4.69) is 0 Å². The Hall–Kier alpha value is -3.55. The molecule has 2 aromatic rings. The molecule has 0 radical (unpaired) electrons. The molecule has 1 heterocycles. The van der Waals surface area contributed by atoms with E-state index >= 15 is 0 Å². The molecular weight excluding hydrogens is 548 g/mol. The summed E-state index contributed by atoms with van der Waals surface area (Å²) >= 11 is 0. The van der Waals surface area contributed by atoms with Gasteiger partial charge in [0.15, 0.2) is 0 Å². The van der Waals surface area contributed by atoms with Gasteiger partial charge in [-0.1, -0.05) is 0 Å². The van der Waals surface area contributed by atoms with Gasteiger partial charge in [-0.05, 0) is 62.1 Å². The zero-order valence-corrected chi connectivity index (χ0v) is 21.2. The summed E-state index contributed by atoms with van der Waals surface area (Å²) in [6.45, 7) is 1.61. The van der Waals surface area contributed by atoms with Crippen LogP contribution in [-0.4, -0.2) is 60.7 Å². The number of carbonyl (C=O) groups is 1. The smallest absolute Gasteiger partial charge is 0.423 e. The molecule has 2 aliphatic rings. The van der Waals surface area contributed by atoms with Crippen LogP contribution in [0.1, 0.15) is 36.8 Å². The van der Waals surface area contributed by atoms with Crippen molar-refractivity contribution in [2.24, 2.45) is 0 Å². The van der Waals surface area contributed by atoms with Crippen molar-refractivity contribution in [3.05, 3.63) is 63.7 Å². The van der Waals surface area contributed by atoms with Crippen molar-refractivity contribution >= 4 is 17.3 Å². The normalized spacial score (nSPS) is 20.4. The van der Waals surface area contributed by atoms with Crippen molar-refractivity contribution in [2.45, 2.75) is 50.2 Å². The third kappa shape index (κ3) is 7.34. The molecule has 40 heavy (non-hydrogen) atoms. The Kier molecular flexibility index (Phi) is 8.76. The van der Waals surface area contributed by atoms with Gasteiger partial charge < -0.3 is 19.3 Å². The lowest BCUT2D eigenvalue weighted by atomic mass is 9.95. The fourth-order valence-corrected chi connectivity index (χ4v) is 4.84. The summed E-state index contributed by atoms with van der Waals surface area (Å²) in [7, 11) is 0. The largest absolute Gasteiger partial charge is 0.490 e. The number of carbonyl (C=O) groups excluding carboxylic acids is 1. The molecule has 1 amide bonds.